The van der Waals surface area contributed by atoms with Crippen LogP contribution in [0.5, 0.6) is 5.75 Å². The summed E-state index contributed by atoms with van der Waals surface area (Å²) in [7, 11) is 0. The number of amides is 3. The largest absolute Gasteiger partial charge is 0.493 e. The summed E-state index contributed by atoms with van der Waals surface area (Å²) in [5.74, 6) is -0.0603. The first kappa shape index (κ1) is 18.4. The van der Waals surface area contributed by atoms with E-state index in [2.05, 4.69) is 16.0 Å². The van der Waals surface area contributed by atoms with Gasteiger partial charge < -0.3 is 20.7 Å². The summed E-state index contributed by atoms with van der Waals surface area (Å²) in [5.41, 5.74) is 2.14. The highest BCUT2D eigenvalue weighted by atomic mass is 16.5. The lowest BCUT2D eigenvalue weighted by molar-refractivity contribution is -0.115. The molecule has 2 aromatic carbocycles. The van der Waals surface area contributed by atoms with Crippen molar-refractivity contribution < 1.29 is 19.1 Å². The molecule has 0 spiro atoms. The van der Waals surface area contributed by atoms with Crippen molar-refractivity contribution in [2.45, 2.75) is 26.3 Å². The van der Waals surface area contributed by atoms with Crippen molar-refractivity contribution in [3.05, 3.63) is 53.6 Å². The van der Waals surface area contributed by atoms with Gasteiger partial charge in [0.25, 0.3) is 5.91 Å². The van der Waals surface area contributed by atoms with Crippen LogP contribution in [0.15, 0.2) is 42.5 Å². The topological polar surface area (TPSA) is 96.5 Å². The number of benzene rings is 2. The maximum absolute atomic E-state index is 12.8. The van der Waals surface area contributed by atoms with Gasteiger partial charge in [0.1, 0.15) is 5.75 Å². The first-order valence-electron chi connectivity index (χ1n) is 8.65. The Morgan fingerprint density at radius 3 is 2.22 bits per heavy atom. The highest BCUT2D eigenvalue weighted by molar-refractivity contribution is 6.00. The van der Waals surface area contributed by atoms with E-state index in [4.69, 9.17) is 4.74 Å². The normalized spacial score (nSPS) is 15.1. The van der Waals surface area contributed by atoms with E-state index in [1.807, 2.05) is 24.3 Å². The summed E-state index contributed by atoms with van der Waals surface area (Å²) in [4.78, 5) is 35.6. The molecule has 3 N–H and O–H groups in total. The van der Waals surface area contributed by atoms with Gasteiger partial charge in [0.15, 0.2) is 0 Å². The molecule has 2 aromatic rings. The van der Waals surface area contributed by atoms with Crippen LogP contribution in [0, 0.1) is 0 Å². The molecular formula is C20H21N3O4. The van der Waals surface area contributed by atoms with Gasteiger partial charge in [0.2, 0.25) is 11.8 Å². The summed E-state index contributed by atoms with van der Waals surface area (Å²) < 4.78 is 5.62. The van der Waals surface area contributed by atoms with Crippen molar-refractivity contribution in [2.24, 2.45) is 0 Å². The first-order chi connectivity index (χ1) is 12.9. The van der Waals surface area contributed by atoms with E-state index in [0.717, 1.165) is 11.3 Å². The standard InChI is InChI=1S/C20H21N3O4/c1-12(24)21-15-9-14(10-16(11-15)22-13(2)25)20(26)23-18-7-8-27-19-6-4-3-5-17(18)19/h3-6,9-11,18H,7-8H2,1-2H3,(H,21,24)(H,22,25)(H,23,26). The van der Waals surface area contributed by atoms with Crippen molar-refractivity contribution in [3.63, 3.8) is 0 Å². The Morgan fingerprint density at radius 1 is 0.963 bits per heavy atom. The Morgan fingerprint density at radius 2 is 1.59 bits per heavy atom. The molecule has 0 bridgehead atoms. The minimum atomic E-state index is -0.296. The first-order valence-corrected chi connectivity index (χ1v) is 8.65. The van der Waals surface area contributed by atoms with E-state index >= 15 is 0 Å². The van der Waals surface area contributed by atoms with Gasteiger partial charge in [-0.15, -0.1) is 0 Å². The number of hydrogen-bond donors (Lipinski definition) is 3. The Kier molecular flexibility index (Phi) is 5.40. The van der Waals surface area contributed by atoms with E-state index in [-0.39, 0.29) is 23.8 Å². The molecule has 1 aliphatic rings. The fraction of sp³-hybridized carbons (Fsp3) is 0.250. The van der Waals surface area contributed by atoms with Gasteiger partial charge >= 0.3 is 0 Å². The number of anilines is 2. The highest BCUT2D eigenvalue weighted by Gasteiger charge is 2.23. The van der Waals surface area contributed by atoms with Crippen LogP contribution in [-0.4, -0.2) is 24.3 Å². The van der Waals surface area contributed by atoms with Crippen molar-refractivity contribution in [1.82, 2.24) is 5.32 Å². The number of rotatable bonds is 4. The second-order valence-electron chi connectivity index (χ2n) is 6.36. The lowest BCUT2D eigenvalue weighted by Crippen LogP contribution is -2.32. The van der Waals surface area contributed by atoms with Crippen LogP contribution in [0.4, 0.5) is 11.4 Å². The van der Waals surface area contributed by atoms with Crippen LogP contribution < -0.4 is 20.7 Å². The van der Waals surface area contributed by atoms with Gasteiger partial charge in [-0.1, -0.05) is 18.2 Å². The zero-order valence-electron chi connectivity index (χ0n) is 15.2. The molecule has 0 radical (unpaired) electrons. The number of fused-ring (bicyclic) bond motifs is 1. The van der Waals surface area contributed by atoms with Crippen LogP contribution in [0.25, 0.3) is 0 Å². The molecule has 3 rings (SSSR count). The number of para-hydroxylation sites is 1. The quantitative estimate of drug-likeness (QED) is 0.774. The predicted molar refractivity (Wildman–Crippen MR) is 102 cm³/mol. The van der Waals surface area contributed by atoms with Crippen molar-refractivity contribution in [3.8, 4) is 5.75 Å². The fourth-order valence-corrected chi connectivity index (χ4v) is 3.04. The molecule has 0 aliphatic carbocycles. The lowest BCUT2D eigenvalue weighted by atomic mass is 10.00. The summed E-state index contributed by atoms with van der Waals surface area (Å²) in [6.07, 6.45) is 0.659. The van der Waals surface area contributed by atoms with Gasteiger partial charge in [-0.3, -0.25) is 14.4 Å². The maximum Gasteiger partial charge on any atom is 0.251 e. The van der Waals surface area contributed by atoms with E-state index in [1.54, 1.807) is 18.2 Å². The van der Waals surface area contributed by atoms with Crippen molar-refractivity contribution in [1.29, 1.82) is 0 Å². The number of ether oxygens (including phenoxy) is 1. The Hall–Kier alpha value is -3.35. The molecule has 1 atom stereocenters. The smallest absolute Gasteiger partial charge is 0.251 e. The molecule has 1 aliphatic heterocycles. The number of carbonyl (C=O) groups is 3. The highest BCUT2D eigenvalue weighted by Crippen LogP contribution is 2.32. The van der Waals surface area contributed by atoms with Crippen LogP contribution in [0.2, 0.25) is 0 Å². The molecular weight excluding hydrogens is 346 g/mol. The van der Waals surface area contributed by atoms with Gasteiger partial charge in [0.05, 0.1) is 12.6 Å². The van der Waals surface area contributed by atoms with Crippen LogP contribution in [0.1, 0.15) is 42.2 Å². The van der Waals surface area contributed by atoms with Crippen molar-refractivity contribution in [2.75, 3.05) is 17.2 Å². The van der Waals surface area contributed by atoms with Gasteiger partial charge in [0, 0.05) is 42.8 Å². The third-order valence-corrected chi connectivity index (χ3v) is 4.10. The molecule has 0 saturated carbocycles. The molecule has 1 unspecified atom stereocenters. The van der Waals surface area contributed by atoms with Crippen LogP contribution >= 0.6 is 0 Å². The zero-order valence-corrected chi connectivity index (χ0v) is 15.2. The van der Waals surface area contributed by atoms with E-state index in [9.17, 15) is 14.4 Å². The third kappa shape index (κ3) is 4.63. The molecule has 0 aromatic heterocycles. The minimum absolute atomic E-state index is 0.170. The second-order valence-corrected chi connectivity index (χ2v) is 6.36. The van der Waals surface area contributed by atoms with E-state index in [0.29, 0.717) is 30.0 Å². The second kappa shape index (κ2) is 7.90. The van der Waals surface area contributed by atoms with Crippen LogP contribution in [0.3, 0.4) is 0 Å². The summed E-state index contributed by atoms with van der Waals surface area (Å²) in [6, 6.07) is 12.2. The molecule has 140 valence electrons. The summed E-state index contributed by atoms with van der Waals surface area (Å²) in [6.45, 7) is 3.28. The van der Waals surface area contributed by atoms with E-state index < -0.39 is 0 Å². The van der Waals surface area contributed by atoms with Gasteiger partial charge in [-0.25, -0.2) is 0 Å². The van der Waals surface area contributed by atoms with Crippen molar-refractivity contribution >= 4 is 29.1 Å². The van der Waals surface area contributed by atoms with E-state index in [1.165, 1.54) is 13.8 Å². The maximum atomic E-state index is 12.8. The molecule has 3 amide bonds. The molecule has 7 heteroatoms. The summed E-state index contributed by atoms with van der Waals surface area (Å²) in [5, 5.41) is 8.29. The lowest BCUT2D eigenvalue weighted by Gasteiger charge is -2.26. The van der Waals surface area contributed by atoms with Gasteiger partial charge in [-0.2, -0.15) is 0 Å². The number of nitrogens with one attached hydrogen (secondary N) is 3. The Balaban J connectivity index is 1.85. The average Bonchev–Trinajstić information content (AvgIpc) is 2.60. The summed E-state index contributed by atoms with van der Waals surface area (Å²) >= 11 is 0. The predicted octanol–water partition coefficient (Wildman–Crippen LogP) is 2.86. The molecule has 1 heterocycles. The molecule has 7 nitrogen and oxygen atoms in total. The molecule has 0 saturated heterocycles. The third-order valence-electron chi connectivity index (χ3n) is 4.10. The minimum Gasteiger partial charge on any atom is -0.493 e. The fourth-order valence-electron chi connectivity index (χ4n) is 3.04. The molecule has 0 fully saturated rings. The van der Waals surface area contributed by atoms with Gasteiger partial charge in [-0.05, 0) is 24.3 Å². The average molecular weight is 367 g/mol. The monoisotopic (exact) mass is 367 g/mol. The SMILES string of the molecule is CC(=O)Nc1cc(NC(C)=O)cc(C(=O)NC2CCOc3ccccc32)c1. The Bertz CT molecular complexity index is 860. The Labute approximate surface area is 157 Å². The zero-order chi connectivity index (χ0) is 19.4. The molecule has 27 heavy (non-hydrogen) atoms. The van der Waals surface area contributed by atoms with Crippen LogP contribution in [-0.2, 0) is 9.59 Å². The number of carbonyl (C=O) groups excluding carboxylic acids is 3. The number of hydrogen-bond acceptors (Lipinski definition) is 4.